The van der Waals surface area contributed by atoms with Gasteiger partial charge in [-0.3, -0.25) is 0 Å². The molecule has 0 aromatic rings. The van der Waals surface area contributed by atoms with Gasteiger partial charge in [-0.05, 0) is 26.7 Å². The number of ether oxygens (including phenoxy) is 2. The lowest BCUT2D eigenvalue weighted by Gasteiger charge is -2.28. The quantitative estimate of drug-likeness (QED) is 0.717. The summed E-state index contributed by atoms with van der Waals surface area (Å²) in [7, 11) is 1.75. The van der Waals surface area contributed by atoms with Crippen LogP contribution in [0.1, 0.15) is 26.7 Å². The lowest BCUT2D eigenvalue weighted by Crippen LogP contribution is -2.41. The van der Waals surface area contributed by atoms with Gasteiger partial charge < -0.3 is 14.8 Å². The average Bonchev–Trinajstić information content (AvgIpc) is 2.14. The Hall–Kier alpha value is -0.120. The second kappa shape index (κ2) is 5.58. The van der Waals surface area contributed by atoms with Gasteiger partial charge in [0.05, 0.1) is 12.2 Å². The molecule has 0 aromatic carbocycles. The van der Waals surface area contributed by atoms with Crippen LogP contribution in [-0.4, -0.2) is 38.5 Å². The van der Waals surface area contributed by atoms with Gasteiger partial charge in [0.2, 0.25) is 0 Å². The van der Waals surface area contributed by atoms with Gasteiger partial charge in [0.25, 0.3) is 0 Å². The molecule has 13 heavy (non-hydrogen) atoms. The molecule has 3 unspecified atom stereocenters. The summed E-state index contributed by atoms with van der Waals surface area (Å²) in [6.45, 7) is 6.04. The standard InChI is InChI=1S/C10H21NO2/c1-8-6-10(4-5-13-8)11-7-9(2)12-3/h8-11H,4-7H2,1-3H3. The molecule has 3 heteroatoms. The van der Waals surface area contributed by atoms with Crippen LogP contribution in [0, 0.1) is 0 Å². The largest absolute Gasteiger partial charge is 0.380 e. The molecule has 0 aliphatic carbocycles. The van der Waals surface area contributed by atoms with Crippen molar-refractivity contribution in [1.82, 2.24) is 5.32 Å². The monoisotopic (exact) mass is 187 g/mol. The highest BCUT2D eigenvalue weighted by Crippen LogP contribution is 2.12. The molecule has 1 heterocycles. The number of methoxy groups -OCH3 is 1. The zero-order valence-corrected chi connectivity index (χ0v) is 8.88. The Labute approximate surface area is 80.8 Å². The number of hydrogen-bond acceptors (Lipinski definition) is 3. The molecule has 0 saturated carbocycles. The topological polar surface area (TPSA) is 30.5 Å². The highest BCUT2D eigenvalue weighted by molar-refractivity contribution is 4.75. The van der Waals surface area contributed by atoms with Gasteiger partial charge in [-0.15, -0.1) is 0 Å². The van der Waals surface area contributed by atoms with E-state index in [9.17, 15) is 0 Å². The van der Waals surface area contributed by atoms with Crippen molar-refractivity contribution in [3.63, 3.8) is 0 Å². The van der Waals surface area contributed by atoms with Crippen LogP contribution in [0.3, 0.4) is 0 Å². The number of nitrogens with one attached hydrogen (secondary N) is 1. The van der Waals surface area contributed by atoms with Crippen molar-refractivity contribution < 1.29 is 9.47 Å². The molecule has 0 radical (unpaired) electrons. The molecule has 1 rings (SSSR count). The molecule has 0 bridgehead atoms. The maximum Gasteiger partial charge on any atom is 0.0667 e. The SMILES string of the molecule is COC(C)CNC1CCOC(C)C1. The van der Waals surface area contributed by atoms with Crippen molar-refractivity contribution in [2.45, 2.75) is 44.9 Å². The second-order valence-electron chi connectivity index (χ2n) is 3.86. The van der Waals surface area contributed by atoms with Gasteiger partial charge in [0.15, 0.2) is 0 Å². The molecule has 3 atom stereocenters. The lowest BCUT2D eigenvalue weighted by atomic mass is 10.0. The van der Waals surface area contributed by atoms with Crippen LogP contribution in [0.15, 0.2) is 0 Å². The Bertz CT molecular complexity index is 141. The van der Waals surface area contributed by atoms with Crippen LogP contribution < -0.4 is 5.32 Å². The third kappa shape index (κ3) is 4.07. The summed E-state index contributed by atoms with van der Waals surface area (Å²) in [5, 5.41) is 3.50. The molecule has 1 fully saturated rings. The van der Waals surface area contributed by atoms with E-state index in [1.807, 2.05) is 0 Å². The fourth-order valence-corrected chi connectivity index (χ4v) is 1.60. The molecule has 78 valence electrons. The Kier molecular flexibility index (Phi) is 4.70. The van der Waals surface area contributed by atoms with Crippen molar-refractivity contribution in [2.75, 3.05) is 20.3 Å². The Morgan fingerprint density at radius 3 is 3.00 bits per heavy atom. The highest BCUT2D eigenvalue weighted by atomic mass is 16.5. The zero-order chi connectivity index (χ0) is 9.68. The highest BCUT2D eigenvalue weighted by Gasteiger charge is 2.18. The fourth-order valence-electron chi connectivity index (χ4n) is 1.60. The summed E-state index contributed by atoms with van der Waals surface area (Å²) in [5.74, 6) is 0. The van der Waals surface area contributed by atoms with E-state index in [4.69, 9.17) is 9.47 Å². The number of hydrogen-bond donors (Lipinski definition) is 1. The van der Waals surface area contributed by atoms with Crippen LogP contribution >= 0.6 is 0 Å². The van der Waals surface area contributed by atoms with Gasteiger partial charge in [-0.25, -0.2) is 0 Å². The van der Waals surface area contributed by atoms with Crippen LogP contribution in [0.2, 0.25) is 0 Å². The number of rotatable bonds is 4. The van der Waals surface area contributed by atoms with Crippen LogP contribution in [0.4, 0.5) is 0 Å². The second-order valence-corrected chi connectivity index (χ2v) is 3.86. The first-order valence-corrected chi connectivity index (χ1v) is 5.10. The molecule has 1 aliphatic heterocycles. The van der Waals surface area contributed by atoms with E-state index >= 15 is 0 Å². The summed E-state index contributed by atoms with van der Waals surface area (Å²) in [6, 6.07) is 0.612. The molecule has 0 aromatic heterocycles. The maximum atomic E-state index is 5.47. The summed E-state index contributed by atoms with van der Waals surface area (Å²) in [6.07, 6.45) is 2.96. The van der Waals surface area contributed by atoms with E-state index in [-0.39, 0.29) is 0 Å². The van der Waals surface area contributed by atoms with Gasteiger partial charge in [-0.2, -0.15) is 0 Å². The van der Waals surface area contributed by atoms with Gasteiger partial charge in [0, 0.05) is 26.3 Å². The molecule has 3 nitrogen and oxygen atoms in total. The van der Waals surface area contributed by atoms with E-state index in [0.29, 0.717) is 18.2 Å². The third-order valence-electron chi connectivity index (χ3n) is 2.58. The molecular weight excluding hydrogens is 166 g/mol. The Morgan fingerprint density at radius 2 is 2.38 bits per heavy atom. The summed E-state index contributed by atoms with van der Waals surface area (Å²) >= 11 is 0. The summed E-state index contributed by atoms with van der Waals surface area (Å²) in [5.41, 5.74) is 0. The predicted molar refractivity (Wildman–Crippen MR) is 52.9 cm³/mol. The molecule has 1 aliphatic rings. The van der Waals surface area contributed by atoms with E-state index in [2.05, 4.69) is 19.2 Å². The molecule has 1 N–H and O–H groups in total. The van der Waals surface area contributed by atoms with Crippen molar-refractivity contribution in [1.29, 1.82) is 0 Å². The molecular formula is C10H21NO2. The van der Waals surface area contributed by atoms with Gasteiger partial charge in [-0.1, -0.05) is 0 Å². The van der Waals surface area contributed by atoms with Crippen molar-refractivity contribution in [2.24, 2.45) is 0 Å². The molecule has 0 amide bonds. The van der Waals surface area contributed by atoms with Crippen molar-refractivity contribution in [3.8, 4) is 0 Å². The zero-order valence-electron chi connectivity index (χ0n) is 8.88. The van der Waals surface area contributed by atoms with Crippen LogP contribution in [0.5, 0.6) is 0 Å². The molecule has 0 spiro atoms. The van der Waals surface area contributed by atoms with Gasteiger partial charge >= 0.3 is 0 Å². The maximum absolute atomic E-state index is 5.47. The lowest BCUT2D eigenvalue weighted by molar-refractivity contribution is 0.0101. The van der Waals surface area contributed by atoms with Crippen molar-refractivity contribution in [3.05, 3.63) is 0 Å². The van der Waals surface area contributed by atoms with E-state index in [1.165, 1.54) is 0 Å². The first-order valence-electron chi connectivity index (χ1n) is 5.10. The third-order valence-corrected chi connectivity index (χ3v) is 2.58. The van der Waals surface area contributed by atoms with E-state index in [1.54, 1.807) is 7.11 Å². The average molecular weight is 187 g/mol. The van der Waals surface area contributed by atoms with Crippen LogP contribution in [0.25, 0.3) is 0 Å². The van der Waals surface area contributed by atoms with Gasteiger partial charge in [0.1, 0.15) is 0 Å². The minimum atomic E-state index is 0.304. The Balaban J connectivity index is 2.13. The smallest absolute Gasteiger partial charge is 0.0667 e. The summed E-state index contributed by atoms with van der Waals surface area (Å²) < 4.78 is 10.6. The minimum Gasteiger partial charge on any atom is -0.380 e. The van der Waals surface area contributed by atoms with Crippen molar-refractivity contribution >= 4 is 0 Å². The minimum absolute atomic E-state index is 0.304. The fraction of sp³-hybridized carbons (Fsp3) is 1.00. The predicted octanol–water partition coefficient (Wildman–Crippen LogP) is 1.18. The Morgan fingerprint density at radius 1 is 1.62 bits per heavy atom. The van der Waals surface area contributed by atoms with E-state index < -0.39 is 0 Å². The first-order chi connectivity index (χ1) is 6.22. The first kappa shape index (κ1) is 11.0. The normalized spacial score (nSPS) is 31.6. The summed E-state index contributed by atoms with van der Waals surface area (Å²) in [4.78, 5) is 0. The van der Waals surface area contributed by atoms with E-state index in [0.717, 1.165) is 26.0 Å². The molecule has 1 saturated heterocycles. The van der Waals surface area contributed by atoms with Crippen LogP contribution in [-0.2, 0) is 9.47 Å².